The van der Waals surface area contributed by atoms with E-state index in [1.165, 1.54) is 44.5 Å². The standard InChI is InChI=1S/C55H36N2O/c1-4-16-37(17-5-1)56(38-18-6-2-7-19-38)41-28-31-45-43-22-10-13-25-49(43)55(51(45)35-41)50-26-14-11-23-44(50)46-32-29-42(36-52(46)55)57(39-20-8-3-9-21-39)40-30-33-54-48(34-40)47-24-12-15-27-53(47)58-54/h1-36H. The van der Waals surface area contributed by atoms with Crippen molar-refractivity contribution >= 4 is 56.1 Å². The van der Waals surface area contributed by atoms with Gasteiger partial charge in [0, 0.05) is 44.9 Å². The van der Waals surface area contributed by atoms with Crippen LogP contribution in [0.1, 0.15) is 22.3 Å². The molecule has 0 saturated heterocycles. The maximum atomic E-state index is 6.29. The fourth-order valence-corrected chi connectivity index (χ4v) is 9.87. The lowest BCUT2D eigenvalue weighted by molar-refractivity contribution is 0.669. The summed E-state index contributed by atoms with van der Waals surface area (Å²) in [6, 6.07) is 79.3. The van der Waals surface area contributed by atoms with Crippen molar-refractivity contribution in [3.63, 3.8) is 0 Å². The van der Waals surface area contributed by atoms with Gasteiger partial charge in [0.15, 0.2) is 0 Å². The molecule has 2 aliphatic rings. The molecule has 2 aliphatic carbocycles. The molecular weight excluding hydrogens is 705 g/mol. The van der Waals surface area contributed by atoms with Crippen LogP contribution in [0.15, 0.2) is 223 Å². The summed E-state index contributed by atoms with van der Waals surface area (Å²) in [7, 11) is 0. The Balaban J connectivity index is 1.12. The van der Waals surface area contributed by atoms with Crippen molar-refractivity contribution in [3.05, 3.63) is 241 Å². The zero-order chi connectivity index (χ0) is 38.2. The Morgan fingerprint density at radius 1 is 0.276 bits per heavy atom. The van der Waals surface area contributed by atoms with Gasteiger partial charge in [-0.05, 0) is 129 Å². The quantitative estimate of drug-likeness (QED) is 0.169. The number of fused-ring (bicyclic) bond motifs is 13. The van der Waals surface area contributed by atoms with E-state index in [0.717, 1.165) is 56.1 Å². The van der Waals surface area contributed by atoms with Gasteiger partial charge in [0.2, 0.25) is 0 Å². The first-order valence-electron chi connectivity index (χ1n) is 19.9. The average molecular weight is 741 g/mol. The molecular formula is C55H36N2O. The van der Waals surface area contributed by atoms with Crippen molar-refractivity contribution in [2.45, 2.75) is 5.41 Å². The van der Waals surface area contributed by atoms with Crippen LogP contribution in [-0.4, -0.2) is 0 Å². The molecule has 58 heavy (non-hydrogen) atoms. The molecule has 3 nitrogen and oxygen atoms in total. The smallest absolute Gasteiger partial charge is 0.135 e. The summed E-state index contributed by atoms with van der Waals surface area (Å²) >= 11 is 0. The highest BCUT2D eigenvalue weighted by atomic mass is 16.3. The summed E-state index contributed by atoms with van der Waals surface area (Å²) in [4.78, 5) is 4.77. The monoisotopic (exact) mass is 740 g/mol. The van der Waals surface area contributed by atoms with E-state index in [0.29, 0.717) is 0 Å². The lowest BCUT2D eigenvalue weighted by Gasteiger charge is -2.33. The highest BCUT2D eigenvalue weighted by Crippen LogP contribution is 2.64. The van der Waals surface area contributed by atoms with Crippen LogP contribution in [0, 0.1) is 0 Å². The molecule has 0 bridgehead atoms. The Hall–Kier alpha value is -7.62. The molecule has 0 aliphatic heterocycles. The maximum absolute atomic E-state index is 6.29. The fraction of sp³-hybridized carbons (Fsp3) is 0.0182. The largest absolute Gasteiger partial charge is 0.456 e. The molecule has 1 unspecified atom stereocenters. The number of anilines is 6. The van der Waals surface area contributed by atoms with E-state index in [1.54, 1.807) is 0 Å². The number of rotatable bonds is 6. The van der Waals surface area contributed by atoms with Gasteiger partial charge in [0.25, 0.3) is 0 Å². The number of furan rings is 1. The Bertz CT molecular complexity index is 3140. The zero-order valence-corrected chi connectivity index (χ0v) is 31.6. The van der Waals surface area contributed by atoms with Gasteiger partial charge < -0.3 is 14.2 Å². The van der Waals surface area contributed by atoms with Crippen LogP contribution in [0.5, 0.6) is 0 Å². The summed E-state index contributed by atoms with van der Waals surface area (Å²) in [5.41, 5.74) is 18.2. The molecule has 12 rings (SSSR count). The second-order valence-electron chi connectivity index (χ2n) is 15.3. The van der Waals surface area contributed by atoms with Gasteiger partial charge >= 0.3 is 0 Å². The van der Waals surface area contributed by atoms with Gasteiger partial charge in [0.05, 0.1) is 5.41 Å². The predicted octanol–water partition coefficient (Wildman–Crippen LogP) is 14.9. The third-order valence-electron chi connectivity index (χ3n) is 12.2. The van der Waals surface area contributed by atoms with Crippen LogP contribution in [0.25, 0.3) is 44.2 Å². The van der Waals surface area contributed by atoms with Crippen LogP contribution in [-0.2, 0) is 5.41 Å². The Kier molecular flexibility index (Phi) is 7.14. The molecule has 1 atom stereocenters. The van der Waals surface area contributed by atoms with Crippen molar-refractivity contribution in [1.29, 1.82) is 0 Å². The highest BCUT2D eigenvalue weighted by Gasteiger charge is 2.52. The molecule has 3 heteroatoms. The molecule has 0 N–H and O–H groups in total. The van der Waals surface area contributed by atoms with Gasteiger partial charge in [-0.15, -0.1) is 0 Å². The van der Waals surface area contributed by atoms with Gasteiger partial charge in [0.1, 0.15) is 11.2 Å². The topological polar surface area (TPSA) is 19.6 Å². The normalized spacial score (nSPS) is 14.6. The maximum Gasteiger partial charge on any atom is 0.135 e. The zero-order valence-electron chi connectivity index (χ0n) is 31.6. The first-order chi connectivity index (χ1) is 28.8. The first kappa shape index (κ1) is 32.6. The number of para-hydroxylation sites is 4. The number of benzene rings is 9. The van der Waals surface area contributed by atoms with Crippen LogP contribution in [0.4, 0.5) is 34.1 Å². The van der Waals surface area contributed by atoms with Crippen molar-refractivity contribution < 1.29 is 4.42 Å². The summed E-state index contributed by atoms with van der Waals surface area (Å²) in [6.45, 7) is 0. The minimum Gasteiger partial charge on any atom is -0.456 e. The lowest BCUT2D eigenvalue weighted by atomic mass is 9.70. The van der Waals surface area contributed by atoms with Crippen LogP contribution >= 0.6 is 0 Å². The molecule has 0 saturated carbocycles. The third-order valence-corrected chi connectivity index (χ3v) is 12.2. The molecule has 10 aromatic rings. The van der Waals surface area contributed by atoms with Gasteiger partial charge in [-0.2, -0.15) is 0 Å². The molecule has 0 amide bonds. The minimum atomic E-state index is -0.546. The molecule has 1 heterocycles. The number of nitrogens with zero attached hydrogens (tertiary/aromatic N) is 2. The minimum absolute atomic E-state index is 0.546. The van der Waals surface area contributed by atoms with Crippen LogP contribution in [0.3, 0.4) is 0 Å². The van der Waals surface area contributed by atoms with E-state index in [4.69, 9.17) is 4.42 Å². The van der Waals surface area contributed by atoms with Crippen molar-refractivity contribution in [2.75, 3.05) is 9.80 Å². The first-order valence-corrected chi connectivity index (χ1v) is 19.9. The molecule has 0 radical (unpaired) electrons. The van der Waals surface area contributed by atoms with Crippen molar-refractivity contribution in [1.82, 2.24) is 0 Å². The van der Waals surface area contributed by atoms with E-state index in [2.05, 4.69) is 216 Å². The van der Waals surface area contributed by atoms with Crippen LogP contribution in [0.2, 0.25) is 0 Å². The van der Waals surface area contributed by atoms with E-state index in [-0.39, 0.29) is 0 Å². The lowest BCUT2D eigenvalue weighted by Crippen LogP contribution is -2.26. The van der Waals surface area contributed by atoms with E-state index >= 15 is 0 Å². The van der Waals surface area contributed by atoms with Gasteiger partial charge in [-0.3, -0.25) is 0 Å². The van der Waals surface area contributed by atoms with Crippen molar-refractivity contribution in [2.24, 2.45) is 0 Å². The Labute approximate surface area is 337 Å². The summed E-state index contributed by atoms with van der Waals surface area (Å²) in [5.74, 6) is 0. The molecule has 9 aromatic carbocycles. The third kappa shape index (κ3) is 4.68. The van der Waals surface area contributed by atoms with Gasteiger partial charge in [-0.25, -0.2) is 0 Å². The molecule has 1 aromatic heterocycles. The summed E-state index contributed by atoms with van der Waals surface area (Å²) in [5, 5.41) is 2.22. The fourth-order valence-electron chi connectivity index (χ4n) is 9.87. The molecule has 1 spiro atoms. The van der Waals surface area contributed by atoms with Crippen molar-refractivity contribution in [3.8, 4) is 22.3 Å². The number of hydrogen-bond donors (Lipinski definition) is 0. The SMILES string of the molecule is c1ccc(N(c2ccccc2)c2ccc3c(c2)C2(c4ccccc4-3)c3ccccc3-c3ccc(N(c4ccccc4)c4ccc5oc6ccccc6c5c4)cc32)cc1. The second-order valence-corrected chi connectivity index (χ2v) is 15.3. The molecule has 272 valence electrons. The Morgan fingerprint density at radius 2 is 0.672 bits per heavy atom. The number of hydrogen-bond acceptors (Lipinski definition) is 3. The average Bonchev–Trinajstić information content (AvgIpc) is 3.91. The van der Waals surface area contributed by atoms with E-state index < -0.39 is 5.41 Å². The second kappa shape index (κ2) is 12.7. The van der Waals surface area contributed by atoms with Crippen LogP contribution < -0.4 is 9.80 Å². The summed E-state index contributed by atoms with van der Waals surface area (Å²) in [6.07, 6.45) is 0. The van der Waals surface area contributed by atoms with E-state index in [9.17, 15) is 0 Å². The highest BCUT2D eigenvalue weighted by molar-refractivity contribution is 6.07. The van der Waals surface area contributed by atoms with Gasteiger partial charge in [-0.1, -0.05) is 133 Å². The molecule has 0 fully saturated rings. The Morgan fingerprint density at radius 3 is 1.22 bits per heavy atom. The van der Waals surface area contributed by atoms with E-state index in [1.807, 2.05) is 12.1 Å². The predicted molar refractivity (Wildman–Crippen MR) is 239 cm³/mol. The summed E-state index contributed by atoms with van der Waals surface area (Å²) < 4.78 is 6.29.